The number of amides is 1. The number of para-hydroxylation sites is 1. The summed E-state index contributed by atoms with van der Waals surface area (Å²) in [6, 6.07) is 14.7. The number of aliphatic carboxylic acids is 1. The van der Waals surface area contributed by atoms with E-state index in [9.17, 15) is 18.0 Å². The molecule has 30 heavy (non-hydrogen) atoms. The molecule has 0 aliphatic carbocycles. The van der Waals surface area contributed by atoms with Gasteiger partial charge in [-0.2, -0.15) is 18.2 Å². The van der Waals surface area contributed by atoms with Crippen LogP contribution in [0.3, 0.4) is 0 Å². The van der Waals surface area contributed by atoms with E-state index in [0.717, 1.165) is 29.8 Å². The Kier molecular flexibility index (Phi) is 6.06. The minimum atomic E-state index is -5.08. The van der Waals surface area contributed by atoms with Crippen molar-refractivity contribution in [3.8, 4) is 0 Å². The highest BCUT2D eigenvalue weighted by Crippen LogP contribution is 2.22. The van der Waals surface area contributed by atoms with Gasteiger partial charge in [0.05, 0.1) is 16.1 Å². The summed E-state index contributed by atoms with van der Waals surface area (Å²) in [4.78, 5) is 30.1. The molecule has 1 amide bonds. The van der Waals surface area contributed by atoms with Crippen LogP contribution in [0.2, 0.25) is 5.02 Å². The number of benzene rings is 2. The smallest absolute Gasteiger partial charge is 0.475 e. The molecule has 0 fully saturated rings. The fourth-order valence-electron chi connectivity index (χ4n) is 2.74. The minimum Gasteiger partial charge on any atom is -0.475 e. The number of fused-ring (bicyclic) bond motifs is 3. The topological polar surface area (TPSA) is 96.6 Å². The zero-order chi connectivity index (χ0) is 21.9. The molecule has 0 saturated heterocycles. The second kappa shape index (κ2) is 8.54. The number of anilines is 1. The first kappa shape index (κ1) is 21.3. The monoisotopic (exact) mass is 438 g/mol. The van der Waals surface area contributed by atoms with Crippen molar-refractivity contribution in [2.75, 3.05) is 11.9 Å². The number of aromatic nitrogens is 2. The van der Waals surface area contributed by atoms with Gasteiger partial charge in [0.2, 0.25) is 5.62 Å². The number of nitrogens with one attached hydrogen (secondary N) is 1. The average molecular weight is 439 g/mol. The Morgan fingerprint density at radius 2 is 1.77 bits per heavy atom. The Balaban J connectivity index is 0.000000318. The molecule has 0 unspecified atom stereocenters. The molecular formula is C19H14ClF3N4O3. The second-order valence-corrected chi connectivity index (χ2v) is 6.46. The number of rotatable bonds is 1. The standard InChI is InChI=1S/C17H13ClN4O.C2HF3O2/c18-13-7-3-1-5-11(13)16(23)21-17-20-14-8-4-2-6-12(14)15-19-9-10-22(15)17;3-2(4,5)1(6)7/h1-8,19H,9-10H2;(H,6,7). The van der Waals surface area contributed by atoms with Crippen molar-refractivity contribution in [2.24, 2.45) is 4.99 Å². The maximum Gasteiger partial charge on any atom is 0.490 e. The number of alkyl halides is 3. The van der Waals surface area contributed by atoms with Gasteiger partial charge < -0.3 is 10.4 Å². The number of nitrogens with zero attached hydrogens (tertiary/aromatic N) is 3. The van der Waals surface area contributed by atoms with E-state index in [2.05, 4.69) is 15.3 Å². The van der Waals surface area contributed by atoms with Crippen molar-refractivity contribution in [2.45, 2.75) is 12.7 Å². The second-order valence-electron chi connectivity index (χ2n) is 6.06. The van der Waals surface area contributed by atoms with Crippen molar-refractivity contribution in [1.29, 1.82) is 0 Å². The number of hydrogen-bond donors (Lipinski definition) is 2. The minimum absolute atomic E-state index is 0.379. The Bertz CT molecular complexity index is 1190. The van der Waals surface area contributed by atoms with Crippen molar-refractivity contribution in [3.63, 3.8) is 0 Å². The lowest BCUT2D eigenvalue weighted by Gasteiger charge is -2.07. The summed E-state index contributed by atoms with van der Waals surface area (Å²) in [5.74, 6) is -2.20. The Morgan fingerprint density at radius 1 is 1.13 bits per heavy atom. The largest absolute Gasteiger partial charge is 0.490 e. The van der Waals surface area contributed by atoms with Crippen LogP contribution in [-0.4, -0.2) is 39.3 Å². The zero-order valence-corrected chi connectivity index (χ0v) is 15.9. The summed E-state index contributed by atoms with van der Waals surface area (Å²) in [7, 11) is 0. The Hall–Kier alpha value is -3.40. The molecule has 0 atom stereocenters. The van der Waals surface area contributed by atoms with E-state index in [1.165, 1.54) is 0 Å². The number of halogens is 4. The molecule has 2 heterocycles. The molecule has 1 aromatic heterocycles. The highest BCUT2D eigenvalue weighted by molar-refractivity contribution is 6.33. The van der Waals surface area contributed by atoms with Gasteiger partial charge in [0.25, 0.3) is 5.91 Å². The molecule has 0 spiro atoms. The van der Waals surface area contributed by atoms with Crippen molar-refractivity contribution >= 4 is 40.2 Å². The van der Waals surface area contributed by atoms with Crippen molar-refractivity contribution in [3.05, 3.63) is 64.7 Å². The first-order valence-corrected chi connectivity index (χ1v) is 8.93. The normalized spacial score (nSPS) is 13.3. The lowest BCUT2D eigenvalue weighted by atomic mass is 10.2. The number of carboxylic acid groups (broad SMARTS) is 1. The van der Waals surface area contributed by atoms with Gasteiger partial charge in [-0.3, -0.25) is 9.36 Å². The van der Waals surface area contributed by atoms with Crippen LogP contribution in [0, 0.1) is 0 Å². The summed E-state index contributed by atoms with van der Waals surface area (Å²) < 4.78 is 33.7. The molecule has 3 aromatic rings. The van der Waals surface area contributed by atoms with E-state index in [4.69, 9.17) is 21.5 Å². The predicted octanol–water partition coefficient (Wildman–Crippen LogP) is 3.49. The lowest BCUT2D eigenvalue weighted by Crippen LogP contribution is -2.24. The highest BCUT2D eigenvalue weighted by atomic mass is 35.5. The molecule has 1 aliphatic heterocycles. The molecule has 11 heteroatoms. The first-order valence-electron chi connectivity index (χ1n) is 8.55. The lowest BCUT2D eigenvalue weighted by molar-refractivity contribution is -0.192. The Labute approximate surface area is 172 Å². The fourth-order valence-corrected chi connectivity index (χ4v) is 2.96. The van der Waals surface area contributed by atoms with Gasteiger partial charge in [-0.05, 0) is 24.3 Å². The summed E-state index contributed by atoms with van der Waals surface area (Å²) in [6.07, 6.45) is -5.08. The number of hydrogen-bond acceptors (Lipinski definition) is 4. The van der Waals surface area contributed by atoms with E-state index in [1.807, 2.05) is 28.8 Å². The summed E-state index contributed by atoms with van der Waals surface area (Å²) in [6.45, 7) is 1.51. The van der Waals surface area contributed by atoms with Gasteiger partial charge in [0.15, 0.2) is 0 Å². The third-order valence-corrected chi connectivity index (χ3v) is 4.40. The van der Waals surface area contributed by atoms with Crippen LogP contribution < -0.4 is 10.9 Å². The van der Waals surface area contributed by atoms with E-state index in [0.29, 0.717) is 16.2 Å². The average Bonchev–Trinajstić information content (AvgIpc) is 3.18. The Morgan fingerprint density at radius 3 is 2.43 bits per heavy atom. The van der Waals surface area contributed by atoms with Crippen LogP contribution in [0.15, 0.2) is 53.5 Å². The fraction of sp³-hybridized carbons (Fsp3) is 0.158. The molecule has 1 aliphatic rings. The molecule has 0 saturated carbocycles. The SMILES string of the molecule is O=C(N=c1nc2ccccc2c2n1CCN2)c1ccccc1Cl.O=C(O)C(F)(F)F. The molecule has 0 bridgehead atoms. The zero-order valence-electron chi connectivity index (χ0n) is 15.2. The molecular weight excluding hydrogens is 425 g/mol. The molecule has 7 nitrogen and oxygen atoms in total. The van der Waals surface area contributed by atoms with Crippen LogP contribution in [0.25, 0.3) is 10.9 Å². The van der Waals surface area contributed by atoms with E-state index >= 15 is 0 Å². The highest BCUT2D eigenvalue weighted by Gasteiger charge is 2.38. The maximum atomic E-state index is 12.4. The number of carbonyl (C=O) groups is 2. The van der Waals surface area contributed by atoms with Crippen LogP contribution in [0.1, 0.15) is 10.4 Å². The molecule has 4 rings (SSSR count). The maximum absolute atomic E-state index is 12.4. The van der Waals surface area contributed by atoms with Gasteiger partial charge in [0.1, 0.15) is 5.82 Å². The van der Waals surface area contributed by atoms with Gasteiger partial charge in [-0.25, -0.2) is 9.78 Å². The molecule has 0 radical (unpaired) electrons. The predicted molar refractivity (Wildman–Crippen MR) is 103 cm³/mol. The summed E-state index contributed by atoms with van der Waals surface area (Å²) in [5.41, 5.74) is 1.58. The van der Waals surface area contributed by atoms with Gasteiger partial charge >= 0.3 is 12.1 Å². The van der Waals surface area contributed by atoms with E-state index in [-0.39, 0.29) is 5.91 Å². The number of carboxylic acids is 1. The van der Waals surface area contributed by atoms with Gasteiger partial charge in [-0.1, -0.05) is 35.9 Å². The van der Waals surface area contributed by atoms with Gasteiger partial charge in [0, 0.05) is 18.5 Å². The van der Waals surface area contributed by atoms with Crippen molar-refractivity contribution in [1.82, 2.24) is 9.55 Å². The summed E-state index contributed by atoms with van der Waals surface area (Å²) >= 11 is 6.08. The summed E-state index contributed by atoms with van der Waals surface area (Å²) in [5, 5.41) is 11.9. The molecule has 2 N–H and O–H groups in total. The van der Waals surface area contributed by atoms with Crippen LogP contribution in [0.5, 0.6) is 0 Å². The quantitative estimate of drug-likeness (QED) is 0.606. The van der Waals surface area contributed by atoms with Gasteiger partial charge in [-0.15, -0.1) is 0 Å². The van der Waals surface area contributed by atoms with Crippen LogP contribution in [-0.2, 0) is 11.3 Å². The van der Waals surface area contributed by atoms with Crippen molar-refractivity contribution < 1.29 is 27.9 Å². The number of carbonyl (C=O) groups excluding carboxylic acids is 1. The molecule has 156 valence electrons. The van der Waals surface area contributed by atoms with E-state index < -0.39 is 12.1 Å². The van der Waals surface area contributed by atoms with E-state index in [1.54, 1.807) is 24.3 Å². The molecule has 2 aromatic carbocycles. The third-order valence-electron chi connectivity index (χ3n) is 4.07. The van der Waals surface area contributed by atoms with Crippen LogP contribution >= 0.6 is 11.6 Å². The van der Waals surface area contributed by atoms with Crippen LogP contribution in [0.4, 0.5) is 19.0 Å². The third kappa shape index (κ3) is 4.60. The first-order chi connectivity index (χ1) is 14.2.